The Morgan fingerprint density at radius 2 is 1.63 bits per heavy atom. The van der Waals surface area contributed by atoms with E-state index in [0.29, 0.717) is 23.8 Å². The Morgan fingerprint density at radius 3 is 2.26 bits per heavy atom. The Labute approximate surface area is 172 Å². The van der Waals surface area contributed by atoms with Gasteiger partial charge in [0, 0.05) is 0 Å². The Bertz CT molecular complexity index is 936. The molecule has 0 radical (unpaired) electrons. The lowest BCUT2D eigenvalue weighted by molar-refractivity contribution is -0.119. The first-order valence-electron chi connectivity index (χ1n) is 8.27. The predicted molar refractivity (Wildman–Crippen MR) is 109 cm³/mol. The first kappa shape index (κ1) is 19.7. The number of carbonyl (C=O) groups is 2. The lowest BCUT2D eigenvalue weighted by Crippen LogP contribution is -2.31. The standard InChI is InChI=1S/C20H16Cl3NO3/c1-11(2)10-27-13-8-6-12(7-9-13)16-18(23)20(26)24(19(16)25)15-5-3-4-14(21)17(15)22/h3-9,11H,10H2,1-2H3. The van der Waals surface area contributed by atoms with E-state index < -0.39 is 11.8 Å². The van der Waals surface area contributed by atoms with Gasteiger partial charge in [0.25, 0.3) is 11.8 Å². The molecular weight excluding hydrogens is 409 g/mol. The number of amides is 2. The van der Waals surface area contributed by atoms with Gasteiger partial charge in [-0.05, 0) is 35.7 Å². The van der Waals surface area contributed by atoms with Crippen LogP contribution in [0.15, 0.2) is 47.5 Å². The molecule has 2 aromatic carbocycles. The highest BCUT2D eigenvalue weighted by Crippen LogP contribution is 2.40. The molecule has 27 heavy (non-hydrogen) atoms. The third kappa shape index (κ3) is 3.84. The van der Waals surface area contributed by atoms with Crippen molar-refractivity contribution in [2.24, 2.45) is 5.92 Å². The van der Waals surface area contributed by atoms with Gasteiger partial charge in [-0.25, -0.2) is 4.90 Å². The second kappa shape index (κ2) is 7.93. The molecule has 0 atom stereocenters. The van der Waals surface area contributed by atoms with Crippen molar-refractivity contribution < 1.29 is 14.3 Å². The Kier molecular flexibility index (Phi) is 5.80. The fraction of sp³-hybridized carbons (Fsp3) is 0.200. The van der Waals surface area contributed by atoms with E-state index in [0.717, 1.165) is 4.90 Å². The van der Waals surface area contributed by atoms with Gasteiger partial charge in [-0.15, -0.1) is 0 Å². The minimum atomic E-state index is -0.638. The molecule has 0 saturated carbocycles. The highest BCUT2D eigenvalue weighted by Gasteiger charge is 2.40. The summed E-state index contributed by atoms with van der Waals surface area (Å²) in [4.78, 5) is 26.5. The van der Waals surface area contributed by atoms with Crippen LogP contribution in [-0.4, -0.2) is 18.4 Å². The molecule has 1 aliphatic heterocycles. The summed E-state index contributed by atoms with van der Waals surface area (Å²) in [6.07, 6.45) is 0. The summed E-state index contributed by atoms with van der Waals surface area (Å²) in [5, 5.41) is 0.196. The number of ether oxygens (including phenoxy) is 1. The van der Waals surface area contributed by atoms with Crippen molar-refractivity contribution in [3.8, 4) is 5.75 Å². The number of carbonyl (C=O) groups excluding carboxylic acids is 2. The molecule has 0 spiro atoms. The fourth-order valence-corrected chi connectivity index (χ4v) is 3.27. The molecular formula is C20H16Cl3NO3. The van der Waals surface area contributed by atoms with E-state index in [9.17, 15) is 9.59 Å². The first-order chi connectivity index (χ1) is 12.8. The first-order valence-corrected chi connectivity index (χ1v) is 9.40. The Hall–Kier alpha value is -2.01. The number of anilines is 1. The molecule has 1 heterocycles. The molecule has 1 aliphatic rings. The number of hydrogen-bond acceptors (Lipinski definition) is 3. The Balaban J connectivity index is 1.92. The molecule has 0 N–H and O–H groups in total. The topological polar surface area (TPSA) is 46.6 Å². The number of hydrogen-bond donors (Lipinski definition) is 0. The van der Waals surface area contributed by atoms with Crippen LogP contribution >= 0.6 is 34.8 Å². The van der Waals surface area contributed by atoms with Crippen LogP contribution in [0, 0.1) is 5.92 Å². The normalized spacial score (nSPS) is 14.5. The van der Waals surface area contributed by atoms with Crippen molar-refractivity contribution in [2.75, 3.05) is 11.5 Å². The summed E-state index contributed by atoms with van der Waals surface area (Å²) in [5.41, 5.74) is 0.841. The van der Waals surface area contributed by atoms with Gasteiger partial charge in [0.2, 0.25) is 0 Å². The van der Waals surface area contributed by atoms with E-state index >= 15 is 0 Å². The van der Waals surface area contributed by atoms with Crippen LogP contribution in [-0.2, 0) is 9.59 Å². The largest absolute Gasteiger partial charge is 0.493 e. The summed E-state index contributed by atoms with van der Waals surface area (Å²) < 4.78 is 5.64. The van der Waals surface area contributed by atoms with E-state index in [1.807, 2.05) is 0 Å². The molecule has 0 unspecified atom stereocenters. The van der Waals surface area contributed by atoms with E-state index in [-0.39, 0.29) is 26.3 Å². The minimum Gasteiger partial charge on any atom is -0.493 e. The smallest absolute Gasteiger partial charge is 0.277 e. The van der Waals surface area contributed by atoms with Crippen molar-refractivity contribution in [1.82, 2.24) is 0 Å². The average molecular weight is 425 g/mol. The monoisotopic (exact) mass is 423 g/mol. The van der Waals surface area contributed by atoms with E-state index in [1.54, 1.807) is 42.5 Å². The van der Waals surface area contributed by atoms with Gasteiger partial charge in [0.15, 0.2) is 0 Å². The number of nitrogens with zero attached hydrogens (tertiary/aromatic N) is 1. The second-order valence-electron chi connectivity index (χ2n) is 6.44. The third-order valence-electron chi connectivity index (χ3n) is 3.93. The van der Waals surface area contributed by atoms with Crippen LogP contribution < -0.4 is 9.64 Å². The van der Waals surface area contributed by atoms with Gasteiger partial charge in [0.05, 0.1) is 27.9 Å². The van der Waals surface area contributed by atoms with Crippen molar-refractivity contribution in [2.45, 2.75) is 13.8 Å². The molecule has 2 amide bonds. The van der Waals surface area contributed by atoms with Crippen LogP contribution in [0.5, 0.6) is 5.75 Å². The lowest BCUT2D eigenvalue weighted by Gasteiger charge is -2.17. The number of halogens is 3. The average Bonchev–Trinajstić information content (AvgIpc) is 2.85. The second-order valence-corrected chi connectivity index (χ2v) is 7.60. The zero-order valence-corrected chi connectivity index (χ0v) is 16.9. The number of rotatable bonds is 5. The van der Waals surface area contributed by atoms with Crippen molar-refractivity contribution in [3.05, 3.63) is 63.1 Å². The molecule has 4 nitrogen and oxygen atoms in total. The molecule has 3 rings (SSSR count). The summed E-state index contributed by atoms with van der Waals surface area (Å²) in [6.45, 7) is 4.69. The zero-order chi connectivity index (χ0) is 19.7. The molecule has 2 aromatic rings. The lowest BCUT2D eigenvalue weighted by atomic mass is 10.1. The molecule has 0 fully saturated rings. The third-order valence-corrected chi connectivity index (χ3v) is 5.09. The van der Waals surface area contributed by atoms with Crippen molar-refractivity contribution in [3.63, 3.8) is 0 Å². The van der Waals surface area contributed by atoms with Crippen LogP contribution in [0.25, 0.3) is 5.57 Å². The summed E-state index contributed by atoms with van der Waals surface area (Å²) in [7, 11) is 0. The van der Waals surface area contributed by atoms with Crippen LogP contribution in [0.3, 0.4) is 0 Å². The van der Waals surface area contributed by atoms with E-state index in [4.69, 9.17) is 39.5 Å². The SMILES string of the molecule is CC(C)COc1ccc(C2=C(Cl)C(=O)N(c3cccc(Cl)c3Cl)C2=O)cc1. The highest BCUT2D eigenvalue weighted by molar-refractivity contribution is 6.61. The molecule has 0 bridgehead atoms. The maximum atomic E-state index is 12.9. The molecule has 7 heteroatoms. The van der Waals surface area contributed by atoms with Gasteiger partial charge in [-0.2, -0.15) is 0 Å². The molecule has 0 aromatic heterocycles. The van der Waals surface area contributed by atoms with Crippen molar-refractivity contribution >= 4 is 57.9 Å². The van der Waals surface area contributed by atoms with Gasteiger partial charge in [-0.3, -0.25) is 9.59 Å². The fourth-order valence-electron chi connectivity index (χ4n) is 2.62. The predicted octanol–water partition coefficient (Wildman–Crippen LogP) is 5.55. The van der Waals surface area contributed by atoms with Gasteiger partial charge in [0.1, 0.15) is 10.8 Å². The van der Waals surface area contributed by atoms with E-state index in [2.05, 4.69) is 13.8 Å². The summed E-state index contributed by atoms with van der Waals surface area (Å²) in [6, 6.07) is 11.6. The van der Waals surface area contributed by atoms with Crippen LogP contribution in [0.1, 0.15) is 19.4 Å². The number of imide groups is 1. The van der Waals surface area contributed by atoms with Gasteiger partial charge >= 0.3 is 0 Å². The Morgan fingerprint density at radius 1 is 0.963 bits per heavy atom. The van der Waals surface area contributed by atoms with Crippen LogP contribution in [0.4, 0.5) is 5.69 Å². The summed E-state index contributed by atoms with van der Waals surface area (Å²) in [5.74, 6) is -0.117. The highest BCUT2D eigenvalue weighted by atomic mass is 35.5. The molecule has 0 aliphatic carbocycles. The number of benzene rings is 2. The van der Waals surface area contributed by atoms with Crippen LogP contribution in [0.2, 0.25) is 10.0 Å². The minimum absolute atomic E-state index is 0.115. The van der Waals surface area contributed by atoms with Crippen molar-refractivity contribution in [1.29, 1.82) is 0 Å². The zero-order valence-electron chi connectivity index (χ0n) is 14.6. The maximum Gasteiger partial charge on any atom is 0.277 e. The summed E-state index contributed by atoms with van der Waals surface area (Å²) >= 11 is 18.4. The molecule has 140 valence electrons. The quantitative estimate of drug-likeness (QED) is 0.591. The van der Waals surface area contributed by atoms with Gasteiger partial charge in [-0.1, -0.05) is 66.8 Å². The van der Waals surface area contributed by atoms with E-state index in [1.165, 1.54) is 0 Å². The molecule has 0 saturated heterocycles. The maximum absolute atomic E-state index is 12.9. The van der Waals surface area contributed by atoms with Gasteiger partial charge < -0.3 is 4.74 Å².